The van der Waals surface area contributed by atoms with Gasteiger partial charge in [-0.2, -0.15) is 0 Å². The summed E-state index contributed by atoms with van der Waals surface area (Å²) in [5.41, 5.74) is -0.0330. The van der Waals surface area contributed by atoms with Crippen molar-refractivity contribution in [3.05, 3.63) is 49.1 Å². The van der Waals surface area contributed by atoms with E-state index in [0.717, 1.165) is 0 Å². The van der Waals surface area contributed by atoms with E-state index in [1.807, 2.05) is 0 Å². The number of ether oxygens (including phenoxy) is 1. The van der Waals surface area contributed by atoms with Crippen LogP contribution in [0.3, 0.4) is 0 Å². The number of rotatable bonds is 3. The van der Waals surface area contributed by atoms with Crippen LogP contribution < -0.4 is 26.0 Å². The molecule has 0 atom stereocenters. The fourth-order valence-corrected chi connectivity index (χ4v) is 9.75. The molecular formula is C19H24O3Si2. The van der Waals surface area contributed by atoms with Gasteiger partial charge in [-0.25, -0.2) is 0 Å². The number of hydrogen-bond acceptors (Lipinski definition) is 3. The highest BCUT2D eigenvalue weighted by Crippen LogP contribution is 2.21. The van der Waals surface area contributed by atoms with Crippen molar-refractivity contribution in [3.63, 3.8) is 0 Å². The van der Waals surface area contributed by atoms with Crippen LogP contribution in [0.5, 0.6) is 5.75 Å². The average molecular weight is 357 g/mol. The van der Waals surface area contributed by atoms with Crippen molar-refractivity contribution in [1.82, 2.24) is 0 Å². The Morgan fingerprint density at radius 2 is 1.29 bits per heavy atom. The van der Waals surface area contributed by atoms with Gasteiger partial charge < -0.3 is 4.74 Å². The van der Waals surface area contributed by atoms with Crippen LogP contribution in [0.2, 0.25) is 39.3 Å². The van der Waals surface area contributed by atoms with Crippen molar-refractivity contribution in [3.8, 4) is 5.75 Å². The van der Waals surface area contributed by atoms with Gasteiger partial charge in [-0.1, -0.05) is 51.4 Å². The van der Waals surface area contributed by atoms with E-state index in [1.54, 1.807) is 25.3 Å². The van der Waals surface area contributed by atoms with E-state index >= 15 is 0 Å². The Morgan fingerprint density at radius 3 is 1.75 bits per heavy atom. The molecule has 0 radical (unpaired) electrons. The van der Waals surface area contributed by atoms with E-state index in [1.165, 1.54) is 10.4 Å². The molecule has 2 aliphatic carbocycles. The molecular weight excluding hydrogens is 332 g/mol. The molecule has 0 amide bonds. The van der Waals surface area contributed by atoms with Gasteiger partial charge in [0.25, 0.3) is 0 Å². The molecule has 0 saturated carbocycles. The molecule has 0 heterocycles. The molecule has 0 N–H and O–H groups in total. The Balaban J connectivity index is 2.69. The minimum Gasteiger partial charge on any atom is -0.496 e. The van der Waals surface area contributed by atoms with Gasteiger partial charge in [0, 0.05) is 15.8 Å². The van der Waals surface area contributed by atoms with Gasteiger partial charge in [0.15, 0.2) is 10.9 Å². The topological polar surface area (TPSA) is 43.4 Å². The van der Waals surface area contributed by atoms with Crippen molar-refractivity contribution < 1.29 is 4.74 Å². The zero-order valence-corrected chi connectivity index (χ0v) is 17.5. The van der Waals surface area contributed by atoms with E-state index in [-0.39, 0.29) is 10.9 Å². The maximum Gasteiger partial charge on any atom is 0.198 e. The molecule has 3 nitrogen and oxygen atoms in total. The predicted octanol–water partition coefficient (Wildman–Crippen LogP) is 2.26. The van der Waals surface area contributed by atoms with Crippen molar-refractivity contribution in [2.75, 3.05) is 7.11 Å². The van der Waals surface area contributed by atoms with Gasteiger partial charge in [0.2, 0.25) is 0 Å². The van der Waals surface area contributed by atoms with Gasteiger partial charge in [-0.05, 0) is 16.4 Å². The summed E-state index contributed by atoms with van der Waals surface area (Å²) >= 11 is 0. The summed E-state index contributed by atoms with van der Waals surface area (Å²) in [6, 6.07) is 5.28. The first kappa shape index (κ1) is 17.1. The number of methoxy groups -OCH3 is 1. The lowest BCUT2D eigenvalue weighted by Gasteiger charge is -2.32. The first-order valence-corrected chi connectivity index (χ1v) is 15.3. The van der Waals surface area contributed by atoms with Gasteiger partial charge in [-0.3, -0.25) is 9.59 Å². The smallest absolute Gasteiger partial charge is 0.198 e. The molecule has 3 rings (SSSR count). The second-order valence-corrected chi connectivity index (χ2v) is 18.5. The lowest BCUT2D eigenvalue weighted by Crippen LogP contribution is -2.64. The lowest BCUT2D eigenvalue weighted by atomic mass is 10.0. The van der Waals surface area contributed by atoms with E-state index < -0.39 is 16.1 Å². The van der Waals surface area contributed by atoms with Crippen molar-refractivity contribution in [2.24, 2.45) is 0 Å². The normalized spacial score (nSPS) is 13.1. The minimum atomic E-state index is -1.73. The summed E-state index contributed by atoms with van der Waals surface area (Å²) in [5.74, 6) is 0.494. The third kappa shape index (κ3) is 2.22. The Kier molecular flexibility index (Phi) is 3.66. The van der Waals surface area contributed by atoms with Crippen molar-refractivity contribution in [1.29, 1.82) is 0 Å². The zero-order valence-electron chi connectivity index (χ0n) is 15.5. The molecule has 1 aromatic rings. The van der Waals surface area contributed by atoms with Crippen molar-refractivity contribution in [2.45, 2.75) is 39.3 Å². The highest BCUT2D eigenvalue weighted by Gasteiger charge is 2.36. The van der Waals surface area contributed by atoms with Crippen LogP contribution in [-0.4, -0.2) is 23.3 Å². The van der Waals surface area contributed by atoms with Crippen LogP contribution in [-0.2, 0) is 0 Å². The summed E-state index contributed by atoms with van der Waals surface area (Å²) < 4.78 is 5.36. The third-order valence-corrected chi connectivity index (χ3v) is 8.92. The number of fused-ring (bicyclic) bond motifs is 1. The fraction of sp³-hybridized carbons (Fsp3) is 0.368. The molecule has 0 spiro atoms. The molecule has 0 bridgehead atoms. The van der Waals surface area contributed by atoms with E-state index in [0.29, 0.717) is 27.0 Å². The van der Waals surface area contributed by atoms with Gasteiger partial charge in [-0.15, -0.1) is 0 Å². The first-order chi connectivity index (χ1) is 11.0. The third-order valence-electron chi connectivity index (χ3n) is 4.67. The molecule has 5 heteroatoms. The van der Waals surface area contributed by atoms with Crippen LogP contribution >= 0.6 is 0 Å². The standard InChI is InChI=1S/C19H24O3Si2/c1-22-12-10-8-9-11-13(12)17(21)15-14(16(11)20)18(23(2,3)4)19(15)24(5,6)7/h8-10H,1-7H3. The minimum absolute atomic E-state index is 0.00192. The summed E-state index contributed by atoms with van der Waals surface area (Å²) in [5, 5.41) is 4.76. The SMILES string of the molecule is COc1cccc2c(=O)c3c([Si](C)(C)C)c([Si](C)(C)C)c=3c(=O)c12. The quantitative estimate of drug-likeness (QED) is 0.676. The largest absolute Gasteiger partial charge is 0.496 e. The van der Waals surface area contributed by atoms with Crippen LogP contribution in [0.4, 0.5) is 0 Å². The molecule has 126 valence electrons. The molecule has 0 fully saturated rings. The lowest BCUT2D eigenvalue weighted by molar-refractivity contribution is 0.419. The average Bonchev–Trinajstić information content (AvgIpc) is 2.40. The van der Waals surface area contributed by atoms with Gasteiger partial charge >= 0.3 is 0 Å². The Hall–Kier alpha value is -1.73. The second-order valence-electron chi connectivity index (χ2n) is 8.54. The Morgan fingerprint density at radius 1 is 0.792 bits per heavy atom. The number of hydrogen-bond donors (Lipinski definition) is 0. The van der Waals surface area contributed by atoms with E-state index in [9.17, 15) is 9.59 Å². The molecule has 0 unspecified atom stereocenters. The molecule has 24 heavy (non-hydrogen) atoms. The predicted molar refractivity (Wildman–Crippen MR) is 107 cm³/mol. The van der Waals surface area contributed by atoms with Gasteiger partial charge in [0.05, 0.1) is 28.6 Å². The van der Waals surface area contributed by atoms with E-state index in [2.05, 4.69) is 39.3 Å². The van der Waals surface area contributed by atoms with Crippen LogP contribution in [0.25, 0.3) is 10.8 Å². The van der Waals surface area contributed by atoms with Gasteiger partial charge in [0.1, 0.15) is 5.75 Å². The summed E-state index contributed by atoms with van der Waals surface area (Å²) in [6.07, 6.45) is 0. The highest BCUT2D eigenvalue weighted by atomic mass is 28.3. The summed E-state index contributed by atoms with van der Waals surface area (Å²) in [4.78, 5) is 26.4. The Bertz CT molecular complexity index is 1090. The maximum absolute atomic E-state index is 13.2. The summed E-state index contributed by atoms with van der Waals surface area (Å²) in [6.45, 7) is 13.5. The first-order valence-electron chi connectivity index (χ1n) is 8.26. The monoisotopic (exact) mass is 356 g/mol. The van der Waals surface area contributed by atoms with Crippen LogP contribution in [0.15, 0.2) is 27.8 Å². The second kappa shape index (κ2) is 5.13. The fourth-order valence-electron chi connectivity index (χ4n) is 3.78. The maximum atomic E-state index is 13.2. The summed E-state index contributed by atoms with van der Waals surface area (Å²) in [7, 11) is -1.91. The van der Waals surface area contributed by atoms with E-state index in [4.69, 9.17) is 4.74 Å². The van der Waals surface area contributed by atoms with Crippen LogP contribution in [0, 0.1) is 10.4 Å². The number of benzene rings is 1. The molecule has 1 aromatic carbocycles. The van der Waals surface area contributed by atoms with Crippen molar-refractivity contribution >= 4 is 37.3 Å². The molecule has 2 aliphatic rings. The molecule has 0 saturated heterocycles. The zero-order chi connectivity index (χ0) is 18.0. The van der Waals surface area contributed by atoms with Crippen LogP contribution in [0.1, 0.15) is 0 Å². The molecule has 0 aromatic heterocycles. The Labute approximate surface area is 143 Å². The molecule has 0 aliphatic heterocycles. The highest BCUT2D eigenvalue weighted by molar-refractivity contribution is 6.99.